The highest BCUT2D eigenvalue weighted by Crippen LogP contribution is 2.30. The molecule has 3 aromatic heterocycles. The van der Waals surface area contributed by atoms with Crippen LogP contribution in [0.2, 0.25) is 5.02 Å². The van der Waals surface area contributed by atoms with Crippen LogP contribution in [-0.2, 0) is 19.3 Å². The van der Waals surface area contributed by atoms with E-state index in [1.165, 1.54) is 10.9 Å². The van der Waals surface area contributed by atoms with Crippen LogP contribution in [0.3, 0.4) is 0 Å². The van der Waals surface area contributed by atoms with Crippen molar-refractivity contribution >= 4 is 34.4 Å². The Morgan fingerprint density at radius 1 is 0.974 bits per heavy atom. The van der Waals surface area contributed by atoms with Crippen LogP contribution in [0.4, 0.5) is 29.2 Å². The largest absolute Gasteiger partial charge is 0.439 e. The van der Waals surface area contributed by atoms with E-state index in [9.17, 15) is 22.4 Å². The molecule has 1 N–H and O–H groups in total. The molecule has 0 unspecified atom stereocenters. The number of hydrogen-bond acceptors (Lipinski definition) is 6. The van der Waals surface area contributed by atoms with Gasteiger partial charge in [0.05, 0.1) is 25.0 Å². The number of anilines is 2. The molecule has 0 saturated carbocycles. The summed E-state index contributed by atoms with van der Waals surface area (Å²) in [5.74, 6) is 0.530. The summed E-state index contributed by atoms with van der Waals surface area (Å²) in [6.45, 7) is -0.411. The first-order chi connectivity index (χ1) is 18.7. The Morgan fingerprint density at radius 3 is 2.36 bits per heavy atom. The molecule has 0 aliphatic rings. The van der Waals surface area contributed by atoms with Crippen LogP contribution < -0.4 is 15.6 Å². The summed E-state index contributed by atoms with van der Waals surface area (Å²) in [5, 5.41) is 3.67. The maximum absolute atomic E-state index is 13.0. The van der Waals surface area contributed by atoms with Crippen LogP contribution in [-0.4, -0.2) is 30.8 Å². The fraction of sp³-hybridized carbons (Fsp3) is 0.154. The molecule has 2 aromatic carbocycles. The molecule has 5 aromatic rings. The molecule has 0 aliphatic heterocycles. The van der Waals surface area contributed by atoms with Gasteiger partial charge in [-0.15, -0.1) is 0 Å². The van der Waals surface area contributed by atoms with E-state index in [4.69, 9.17) is 16.3 Å². The number of benzene rings is 2. The minimum absolute atomic E-state index is 0.00324. The van der Waals surface area contributed by atoms with Crippen LogP contribution in [0.25, 0.3) is 11.2 Å². The molecular weight excluding hydrogens is 540 g/mol. The minimum Gasteiger partial charge on any atom is -0.439 e. The number of alkyl halides is 4. The van der Waals surface area contributed by atoms with E-state index in [2.05, 4.69) is 20.3 Å². The van der Waals surface area contributed by atoms with E-state index in [1.807, 2.05) is 12.1 Å². The molecule has 0 saturated heterocycles. The number of pyridine rings is 1. The van der Waals surface area contributed by atoms with Gasteiger partial charge < -0.3 is 14.6 Å². The molecule has 0 radical (unpaired) electrons. The van der Waals surface area contributed by atoms with Crippen LogP contribution in [0, 0.1) is 0 Å². The average molecular weight is 559 g/mol. The fourth-order valence-corrected chi connectivity index (χ4v) is 3.97. The molecule has 8 nitrogen and oxygen atoms in total. The number of ether oxygens (including phenoxy) is 1. The van der Waals surface area contributed by atoms with Crippen molar-refractivity contribution in [1.29, 1.82) is 0 Å². The van der Waals surface area contributed by atoms with Gasteiger partial charge in [0.15, 0.2) is 11.2 Å². The van der Waals surface area contributed by atoms with Crippen molar-refractivity contribution in [3.05, 3.63) is 99.7 Å². The molecule has 3 heterocycles. The molecule has 0 bridgehead atoms. The number of fused-ring (bicyclic) bond motifs is 1. The number of aryl methyl sites for hydroxylation is 1. The highest BCUT2D eigenvalue weighted by molar-refractivity contribution is 6.30. The Kier molecular flexibility index (Phi) is 7.20. The zero-order chi connectivity index (χ0) is 27.6. The first kappa shape index (κ1) is 26.2. The predicted molar refractivity (Wildman–Crippen MR) is 137 cm³/mol. The van der Waals surface area contributed by atoms with E-state index in [1.54, 1.807) is 41.0 Å². The minimum atomic E-state index is -4.49. The lowest BCUT2D eigenvalue weighted by molar-refractivity contribution is -0.137. The number of imidazole rings is 1. The number of aromatic nitrogens is 5. The third kappa shape index (κ3) is 5.85. The second-order valence-electron chi connectivity index (χ2n) is 8.39. The lowest BCUT2D eigenvalue weighted by atomic mass is 10.2. The third-order valence-corrected chi connectivity index (χ3v) is 5.97. The smallest absolute Gasteiger partial charge is 0.417 e. The number of nitrogens with zero attached hydrogens (tertiary/aromatic N) is 5. The highest BCUT2D eigenvalue weighted by Gasteiger charge is 2.30. The van der Waals surface area contributed by atoms with Crippen molar-refractivity contribution < 1.29 is 22.3 Å². The van der Waals surface area contributed by atoms with Gasteiger partial charge in [0.1, 0.15) is 12.4 Å². The summed E-state index contributed by atoms with van der Waals surface area (Å²) in [7, 11) is 0. The second-order valence-corrected chi connectivity index (χ2v) is 8.82. The van der Waals surface area contributed by atoms with Gasteiger partial charge in [-0.05, 0) is 48.0 Å². The monoisotopic (exact) mass is 558 g/mol. The number of halogens is 5. The average Bonchev–Trinajstić information content (AvgIpc) is 3.33. The first-order valence-corrected chi connectivity index (χ1v) is 11.9. The standard InChI is InChI=1S/C26H19ClF4N6O2/c27-18-4-1-16(2-5-18)14-37-23-22(36(12-11-28)15-33-23)24(38)35-25(37)34-19-6-8-20(9-7-19)39-21-10-3-17(13-32-21)26(29,30)31/h1-10,13,15H,11-12,14H2,(H,34,35,38). The van der Waals surface area contributed by atoms with Crippen LogP contribution in [0.1, 0.15) is 11.1 Å². The van der Waals surface area contributed by atoms with Crippen molar-refractivity contribution in [2.45, 2.75) is 19.3 Å². The molecule has 0 amide bonds. The molecular formula is C26H19ClF4N6O2. The maximum Gasteiger partial charge on any atom is 0.417 e. The topological polar surface area (TPSA) is 86.9 Å². The molecule has 13 heteroatoms. The van der Waals surface area contributed by atoms with Crippen molar-refractivity contribution in [3.8, 4) is 11.6 Å². The van der Waals surface area contributed by atoms with Crippen LogP contribution in [0.5, 0.6) is 11.6 Å². The summed E-state index contributed by atoms with van der Waals surface area (Å²) in [6, 6.07) is 15.6. The number of rotatable bonds is 8. The summed E-state index contributed by atoms with van der Waals surface area (Å²) in [6.07, 6.45) is -2.39. The SMILES string of the molecule is O=c1nc(Nc2ccc(Oc3ccc(C(F)(F)F)cn3)cc2)n(Cc2ccc(Cl)cc2)c2ncn(CCF)c12. The lowest BCUT2D eigenvalue weighted by Gasteiger charge is -2.16. The molecule has 0 atom stereocenters. The van der Waals surface area contributed by atoms with Crippen molar-refractivity contribution in [3.63, 3.8) is 0 Å². The van der Waals surface area contributed by atoms with Gasteiger partial charge in [-0.3, -0.25) is 9.36 Å². The van der Waals surface area contributed by atoms with Gasteiger partial charge in [0.25, 0.3) is 0 Å². The molecule has 5 rings (SSSR count). The molecule has 39 heavy (non-hydrogen) atoms. The Labute approximate surface area is 223 Å². The summed E-state index contributed by atoms with van der Waals surface area (Å²) in [4.78, 5) is 25.1. The van der Waals surface area contributed by atoms with Gasteiger partial charge in [-0.2, -0.15) is 18.2 Å². The summed E-state index contributed by atoms with van der Waals surface area (Å²) in [5.41, 5.74) is 0.468. The Bertz CT molecular complexity index is 1650. The van der Waals surface area contributed by atoms with E-state index >= 15 is 0 Å². The molecule has 200 valence electrons. The van der Waals surface area contributed by atoms with Gasteiger partial charge >= 0.3 is 11.7 Å². The van der Waals surface area contributed by atoms with E-state index < -0.39 is 24.0 Å². The number of hydrogen-bond donors (Lipinski definition) is 1. The number of nitrogens with one attached hydrogen (secondary N) is 1. The van der Waals surface area contributed by atoms with Crippen molar-refractivity contribution in [1.82, 2.24) is 24.1 Å². The zero-order valence-electron chi connectivity index (χ0n) is 20.0. The zero-order valence-corrected chi connectivity index (χ0v) is 20.7. The van der Waals surface area contributed by atoms with Gasteiger partial charge in [-0.25, -0.2) is 14.4 Å². The molecule has 0 fully saturated rings. The summed E-state index contributed by atoms with van der Waals surface area (Å²) < 4.78 is 59.9. The predicted octanol–water partition coefficient (Wildman–Crippen LogP) is 6.21. The second kappa shape index (κ2) is 10.7. The summed E-state index contributed by atoms with van der Waals surface area (Å²) >= 11 is 6.01. The molecule has 0 aliphatic carbocycles. The van der Waals surface area contributed by atoms with Crippen molar-refractivity contribution in [2.24, 2.45) is 0 Å². The fourth-order valence-electron chi connectivity index (χ4n) is 3.84. The van der Waals surface area contributed by atoms with E-state index in [0.29, 0.717) is 28.3 Å². The maximum atomic E-state index is 13.0. The van der Waals surface area contributed by atoms with Crippen molar-refractivity contribution in [2.75, 3.05) is 12.0 Å². The van der Waals surface area contributed by atoms with Gasteiger partial charge in [0, 0.05) is 23.0 Å². The molecule has 0 spiro atoms. The van der Waals surface area contributed by atoms with Crippen LogP contribution >= 0.6 is 11.6 Å². The third-order valence-electron chi connectivity index (χ3n) is 5.72. The lowest BCUT2D eigenvalue weighted by Crippen LogP contribution is -2.20. The first-order valence-electron chi connectivity index (χ1n) is 11.6. The van der Waals surface area contributed by atoms with E-state index in [-0.39, 0.29) is 30.4 Å². The van der Waals surface area contributed by atoms with E-state index in [0.717, 1.165) is 17.7 Å². The Hall–Kier alpha value is -4.45. The van der Waals surface area contributed by atoms with Gasteiger partial charge in [-0.1, -0.05) is 23.7 Å². The van der Waals surface area contributed by atoms with Gasteiger partial charge in [0.2, 0.25) is 11.8 Å². The Balaban J connectivity index is 1.43. The normalized spacial score (nSPS) is 11.6. The Morgan fingerprint density at radius 2 is 1.72 bits per heavy atom. The quantitative estimate of drug-likeness (QED) is 0.228. The highest BCUT2D eigenvalue weighted by atomic mass is 35.5. The van der Waals surface area contributed by atoms with Crippen LogP contribution in [0.15, 0.2) is 78.0 Å².